The van der Waals surface area contributed by atoms with Gasteiger partial charge >= 0.3 is 5.97 Å². The average molecular weight is 329 g/mol. The molecule has 23 heavy (non-hydrogen) atoms. The predicted octanol–water partition coefficient (Wildman–Crippen LogP) is 3.10. The van der Waals surface area contributed by atoms with Gasteiger partial charge in [0.2, 0.25) is 5.91 Å². The van der Waals surface area contributed by atoms with Gasteiger partial charge in [0.25, 0.3) is 0 Å². The van der Waals surface area contributed by atoms with Gasteiger partial charge in [0.1, 0.15) is 6.04 Å². The Labute approximate surface area is 139 Å². The van der Waals surface area contributed by atoms with Gasteiger partial charge < -0.3 is 10.4 Å². The highest BCUT2D eigenvalue weighted by Crippen LogP contribution is 2.35. The highest BCUT2D eigenvalue weighted by atomic mass is 32.2. The largest absolute Gasteiger partial charge is 0.480 e. The van der Waals surface area contributed by atoms with E-state index in [0.717, 1.165) is 11.1 Å². The summed E-state index contributed by atoms with van der Waals surface area (Å²) in [6.07, 6.45) is 0. The lowest BCUT2D eigenvalue weighted by Crippen LogP contribution is -2.41. The summed E-state index contributed by atoms with van der Waals surface area (Å²) in [6, 6.07) is 19.0. The fourth-order valence-corrected chi connectivity index (χ4v) is 3.56. The maximum atomic E-state index is 11.3. The summed E-state index contributed by atoms with van der Waals surface area (Å²) in [5, 5.41) is 11.7. The molecule has 0 radical (unpaired) electrons. The molecule has 0 saturated heterocycles. The van der Waals surface area contributed by atoms with E-state index in [9.17, 15) is 14.7 Å². The maximum absolute atomic E-state index is 11.3. The van der Waals surface area contributed by atoms with E-state index in [2.05, 4.69) is 5.32 Å². The molecule has 0 aliphatic rings. The third-order valence-electron chi connectivity index (χ3n) is 3.31. The molecule has 2 aromatic rings. The number of hydrogen-bond acceptors (Lipinski definition) is 3. The van der Waals surface area contributed by atoms with Gasteiger partial charge in [-0.1, -0.05) is 60.7 Å². The van der Waals surface area contributed by atoms with Crippen molar-refractivity contribution in [1.82, 2.24) is 5.32 Å². The molecule has 0 fully saturated rings. The van der Waals surface area contributed by atoms with Crippen LogP contribution in [0.25, 0.3) is 0 Å². The van der Waals surface area contributed by atoms with Crippen molar-refractivity contribution in [3.8, 4) is 0 Å². The second-order valence-corrected chi connectivity index (χ2v) is 6.26. The minimum absolute atomic E-state index is 0.0213. The standard InChI is InChI=1S/C18H19NO3S/c1-13(20)19-16(18(21)22)12-23-17(14-8-4-2-5-9-14)15-10-6-3-7-11-15/h2-11,16-17H,12H2,1H3,(H,19,20)(H,21,22). The number of hydrogen-bond donors (Lipinski definition) is 2. The summed E-state index contributed by atoms with van der Waals surface area (Å²) >= 11 is 1.51. The lowest BCUT2D eigenvalue weighted by Gasteiger charge is -2.20. The number of amides is 1. The fraction of sp³-hybridized carbons (Fsp3) is 0.222. The Bertz CT molecular complexity index is 606. The van der Waals surface area contributed by atoms with Crippen molar-refractivity contribution in [2.45, 2.75) is 18.2 Å². The molecule has 2 N–H and O–H groups in total. The molecule has 4 nitrogen and oxygen atoms in total. The number of carboxylic acid groups (broad SMARTS) is 1. The second-order valence-electron chi connectivity index (χ2n) is 5.13. The highest BCUT2D eigenvalue weighted by Gasteiger charge is 2.22. The Morgan fingerprint density at radius 2 is 1.48 bits per heavy atom. The number of carboxylic acids is 1. The highest BCUT2D eigenvalue weighted by molar-refractivity contribution is 7.99. The van der Waals surface area contributed by atoms with Crippen molar-refractivity contribution in [1.29, 1.82) is 0 Å². The molecule has 0 saturated carbocycles. The monoisotopic (exact) mass is 329 g/mol. The van der Waals surface area contributed by atoms with E-state index < -0.39 is 12.0 Å². The molecule has 0 aliphatic carbocycles. The molecule has 120 valence electrons. The number of carbonyl (C=O) groups is 2. The van der Waals surface area contributed by atoms with Crippen LogP contribution < -0.4 is 5.32 Å². The van der Waals surface area contributed by atoms with Crippen molar-refractivity contribution >= 4 is 23.6 Å². The Kier molecular flexibility index (Phi) is 6.23. The quantitative estimate of drug-likeness (QED) is 0.819. The van der Waals surface area contributed by atoms with E-state index in [0.29, 0.717) is 5.75 Å². The molecule has 2 aromatic carbocycles. The predicted molar refractivity (Wildman–Crippen MR) is 92.4 cm³/mol. The van der Waals surface area contributed by atoms with Crippen LogP contribution in [0.4, 0.5) is 0 Å². The van der Waals surface area contributed by atoms with Crippen molar-refractivity contribution < 1.29 is 14.7 Å². The molecule has 1 amide bonds. The van der Waals surface area contributed by atoms with E-state index in [-0.39, 0.29) is 11.2 Å². The van der Waals surface area contributed by atoms with Gasteiger partial charge in [-0.25, -0.2) is 4.79 Å². The zero-order chi connectivity index (χ0) is 16.7. The molecular weight excluding hydrogens is 310 g/mol. The van der Waals surface area contributed by atoms with Crippen LogP contribution in [0.2, 0.25) is 0 Å². The minimum atomic E-state index is -1.02. The Hall–Kier alpha value is -2.27. The molecule has 0 spiro atoms. The zero-order valence-corrected chi connectivity index (χ0v) is 13.6. The normalized spacial score (nSPS) is 11.9. The first kappa shape index (κ1) is 17.1. The lowest BCUT2D eigenvalue weighted by molar-refractivity contribution is -0.140. The summed E-state index contributed by atoms with van der Waals surface area (Å²) in [5.41, 5.74) is 2.21. The van der Waals surface area contributed by atoms with Gasteiger partial charge in [-0.2, -0.15) is 0 Å². The Morgan fingerprint density at radius 1 is 1.00 bits per heavy atom. The van der Waals surface area contributed by atoms with Crippen molar-refractivity contribution in [2.24, 2.45) is 0 Å². The first-order chi connectivity index (χ1) is 11.1. The third kappa shape index (κ3) is 5.14. The van der Waals surface area contributed by atoms with Gasteiger partial charge in [0.05, 0.1) is 5.25 Å². The zero-order valence-electron chi connectivity index (χ0n) is 12.8. The van der Waals surface area contributed by atoms with Gasteiger partial charge in [-0.3, -0.25) is 4.79 Å². The van der Waals surface area contributed by atoms with Crippen LogP contribution >= 0.6 is 11.8 Å². The Balaban J connectivity index is 2.18. The lowest BCUT2D eigenvalue weighted by atomic mass is 10.0. The smallest absolute Gasteiger partial charge is 0.327 e. The van der Waals surface area contributed by atoms with Crippen LogP contribution in [0, 0.1) is 0 Å². The van der Waals surface area contributed by atoms with Crippen LogP contribution in [-0.4, -0.2) is 28.8 Å². The molecule has 1 atom stereocenters. The fourth-order valence-electron chi connectivity index (χ4n) is 2.25. The van der Waals surface area contributed by atoms with Crippen molar-refractivity contribution in [3.05, 3.63) is 71.8 Å². The maximum Gasteiger partial charge on any atom is 0.327 e. The van der Waals surface area contributed by atoms with E-state index in [1.807, 2.05) is 60.7 Å². The van der Waals surface area contributed by atoms with Gasteiger partial charge in [0, 0.05) is 12.7 Å². The van der Waals surface area contributed by atoms with Crippen LogP contribution in [0.5, 0.6) is 0 Å². The van der Waals surface area contributed by atoms with E-state index in [4.69, 9.17) is 0 Å². The molecule has 1 unspecified atom stereocenters. The number of rotatable bonds is 7. The van der Waals surface area contributed by atoms with Gasteiger partial charge in [-0.15, -0.1) is 11.8 Å². The van der Waals surface area contributed by atoms with E-state index in [1.165, 1.54) is 18.7 Å². The number of benzene rings is 2. The molecule has 0 aromatic heterocycles. The number of nitrogens with one attached hydrogen (secondary N) is 1. The first-order valence-electron chi connectivity index (χ1n) is 7.29. The summed E-state index contributed by atoms with van der Waals surface area (Å²) in [6.45, 7) is 1.33. The summed E-state index contributed by atoms with van der Waals surface area (Å²) in [7, 11) is 0. The van der Waals surface area contributed by atoms with Crippen molar-refractivity contribution in [2.75, 3.05) is 5.75 Å². The summed E-state index contributed by atoms with van der Waals surface area (Å²) < 4.78 is 0. The van der Waals surface area contributed by atoms with Gasteiger partial charge in [0.15, 0.2) is 0 Å². The molecule has 0 aliphatic heterocycles. The van der Waals surface area contributed by atoms with E-state index >= 15 is 0 Å². The van der Waals surface area contributed by atoms with Crippen molar-refractivity contribution in [3.63, 3.8) is 0 Å². The average Bonchev–Trinajstić information content (AvgIpc) is 2.55. The number of thioether (sulfide) groups is 1. The number of aliphatic carboxylic acids is 1. The SMILES string of the molecule is CC(=O)NC(CSC(c1ccccc1)c1ccccc1)C(=O)O. The van der Waals surface area contributed by atoms with Crippen LogP contribution in [-0.2, 0) is 9.59 Å². The molecular formula is C18H19NO3S. The summed E-state index contributed by atoms with van der Waals surface area (Å²) in [5.74, 6) is -1.06. The topological polar surface area (TPSA) is 66.4 Å². The third-order valence-corrected chi connectivity index (χ3v) is 4.71. The van der Waals surface area contributed by atoms with Crippen LogP contribution in [0.3, 0.4) is 0 Å². The Morgan fingerprint density at radius 3 is 1.87 bits per heavy atom. The minimum Gasteiger partial charge on any atom is -0.480 e. The van der Waals surface area contributed by atoms with E-state index in [1.54, 1.807) is 0 Å². The summed E-state index contributed by atoms with van der Waals surface area (Å²) in [4.78, 5) is 22.5. The second kappa shape index (κ2) is 8.39. The molecule has 5 heteroatoms. The van der Waals surface area contributed by atoms with Crippen LogP contribution in [0.1, 0.15) is 23.3 Å². The molecule has 0 heterocycles. The number of carbonyl (C=O) groups excluding carboxylic acids is 1. The molecule has 0 bridgehead atoms. The van der Waals surface area contributed by atoms with Crippen LogP contribution in [0.15, 0.2) is 60.7 Å². The van der Waals surface area contributed by atoms with Gasteiger partial charge in [-0.05, 0) is 11.1 Å². The molecule has 2 rings (SSSR count). The first-order valence-corrected chi connectivity index (χ1v) is 8.34.